The molecule has 0 unspecified atom stereocenters. The molecule has 5 fully saturated rings. The number of urea groups is 1. The van der Waals surface area contributed by atoms with Crippen molar-refractivity contribution in [1.82, 2.24) is 9.88 Å². The average Bonchev–Trinajstić information content (AvgIpc) is 3.27. The number of hydrogen-bond acceptors (Lipinski definition) is 5. The molecular weight excluding hydrogens is 506 g/mol. The highest BCUT2D eigenvalue weighted by Gasteiger charge is 2.51. The predicted molar refractivity (Wildman–Crippen MR) is 149 cm³/mol. The van der Waals surface area contributed by atoms with Gasteiger partial charge in [-0.15, -0.1) is 0 Å². The van der Waals surface area contributed by atoms with Crippen molar-refractivity contribution < 1.29 is 23.9 Å². The van der Waals surface area contributed by atoms with Gasteiger partial charge >= 0.3 is 12.0 Å². The Morgan fingerprint density at radius 1 is 0.975 bits per heavy atom. The molecule has 4 saturated carbocycles. The average molecular weight is 538 g/mol. The first-order valence-corrected chi connectivity index (χ1v) is 14.0. The zero-order valence-corrected chi connectivity index (χ0v) is 22.4. The molecule has 1 aromatic heterocycles. The molecule has 0 spiro atoms. The molecule has 2 heterocycles. The summed E-state index contributed by atoms with van der Waals surface area (Å²) >= 11 is 0. The number of carbonyl (C=O) groups is 4. The fourth-order valence-electron chi connectivity index (χ4n) is 8.20. The van der Waals surface area contributed by atoms with Gasteiger partial charge in [0.25, 0.3) is 11.8 Å². The third kappa shape index (κ3) is 3.96. The zero-order chi connectivity index (χ0) is 27.6. The minimum absolute atomic E-state index is 0.0129. The number of benzene rings is 2. The molecule has 1 saturated heterocycles. The van der Waals surface area contributed by atoms with Crippen LogP contribution in [-0.4, -0.2) is 35.5 Å². The van der Waals surface area contributed by atoms with Gasteiger partial charge in [-0.3, -0.25) is 19.7 Å². The van der Waals surface area contributed by atoms with Crippen LogP contribution in [0.2, 0.25) is 0 Å². The number of ether oxygens (including phenoxy) is 1. The quantitative estimate of drug-likeness (QED) is 0.282. The number of nitrogens with zero attached hydrogens (tertiary/aromatic N) is 2. The number of fused-ring (bicyclic) bond motifs is 1. The number of rotatable bonds is 5. The summed E-state index contributed by atoms with van der Waals surface area (Å²) in [6.45, 7) is -0.0129. The summed E-state index contributed by atoms with van der Waals surface area (Å²) in [5, 5.41) is 3.09. The first-order valence-electron chi connectivity index (χ1n) is 14.0. The molecule has 40 heavy (non-hydrogen) atoms. The van der Waals surface area contributed by atoms with E-state index in [0.717, 1.165) is 33.6 Å². The zero-order valence-electron chi connectivity index (χ0n) is 22.4. The molecule has 2 aromatic carbocycles. The Kier molecular flexibility index (Phi) is 5.70. The number of nitrogens with one attached hydrogen (secondary N) is 1. The van der Waals surface area contributed by atoms with Gasteiger partial charge in [0.05, 0.1) is 12.8 Å². The molecule has 8 rings (SSSR count). The van der Waals surface area contributed by atoms with Gasteiger partial charge in [0, 0.05) is 22.7 Å². The van der Waals surface area contributed by atoms with Crippen molar-refractivity contribution in [3.63, 3.8) is 0 Å². The van der Waals surface area contributed by atoms with Gasteiger partial charge < -0.3 is 9.30 Å². The molecule has 4 bridgehead atoms. The largest absolute Gasteiger partial charge is 0.468 e. The van der Waals surface area contributed by atoms with Crippen molar-refractivity contribution in [3.8, 4) is 0 Å². The van der Waals surface area contributed by atoms with Crippen molar-refractivity contribution in [1.29, 1.82) is 0 Å². The topological polar surface area (TPSA) is 97.7 Å². The van der Waals surface area contributed by atoms with E-state index < -0.39 is 23.8 Å². The van der Waals surface area contributed by atoms with Crippen LogP contribution in [0.15, 0.2) is 60.3 Å². The monoisotopic (exact) mass is 537 g/mol. The van der Waals surface area contributed by atoms with E-state index in [1.165, 1.54) is 57.3 Å². The summed E-state index contributed by atoms with van der Waals surface area (Å²) in [5.41, 5.74) is 3.14. The Morgan fingerprint density at radius 3 is 2.27 bits per heavy atom. The molecular formula is C32H31N3O5. The minimum Gasteiger partial charge on any atom is -0.468 e. The smallest absolute Gasteiger partial charge is 0.335 e. The predicted octanol–water partition coefficient (Wildman–Crippen LogP) is 4.95. The number of methoxy groups -OCH3 is 1. The molecule has 8 heteroatoms. The maximum Gasteiger partial charge on any atom is 0.335 e. The molecule has 8 nitrogen and oxygen atoms in total. The number of imide groups is 2. The second-order valence-electron chi connectivity index (χ2n) is 12.0. The van der Waals surface area contributed by atoms with Crippen molar-refractivity contribution in [2.24, 2.45) is 17.8 Å². The van der Waals surface area contributed by atoms with E-state index in [2.05, 4.69) is 17.4 Å². The van der Waals surface area contributed by atoms with Crippen LogP contribution < -0.4 is 10.2 Å². The standard InChI is InChI=1S/C32H31N3O5/c1-40-28(36)18-34-17-22(25-4-2-3-5-27(25)34)13-26-29(37)33-31(39)35(30(26)38)24-8-6-23(7-9-24)32-14-19-10-20(15-32)12-21(11-19)16-32/h2-9,13,17,19-21H,10-12,14-16,18H2,1H3,(H,33,37,39). The summed E-state index contributed by atoms with van der Waals surface area (Å²) in [5.74, 6) is 0.607. The SMILES string of the molecule is COC(=O)Cn1cc(C=C2C(=O)NC(=O)N(c3ccc(C45CC6CC(CC(C6)C4)C5)cc3)C2=O)c2ccccc21. The number of aromatic nitrogens is 1. The van der Waals surface area contributed by atoms with E-state index in [0.29, 0.717) is 11.3 Å². The maximum absolute atomic E-state index is 13.6. The van der Waals surface area contributed by atoms with Gasteiger partial charge in [0.1, 0.15) is 12.1 Å². The number of barbiturate groups is 1. The fraction of sp³-hybridized carbons (Fsp3) is 0.375. The van der Waals surface area contributed by atoms with Gasteiger partial charge in [0.2, 0.25) is 0 Å². The lowest BCUT2D eigenvalue weighted by Crippen LogP contribution is -2.54. The van der Waals surface area contributed by atoms with Crippen LogP contribution in [-0.2, 0) is 31.1 Å². The van der Waals surface area contributed by atoms with Crippen LogP contribution in [0.25, 0.3) is 17.0 Å². The molecule has 4 amide bonds. The maximum atomic E-state index is 13.6. The van der Waals surface area contributed by atoms with Gasteiger partial charge in [0.15, 0.2) is 0 Å². The Balaban J connectivity index is 1.20. The summed E-state index contributed by atoms with van der Waals surface area (Å²) in [6, 6.07) is 14.4. The Morgan fingerprint density at radius 2 is 1.62 bits per heavy atom. The molecule has 5 aliphatic rings. The summed E-state index contributed by atoms with van der Waals surface area (Å²) < 4.78 is 6.52. The van der Waals surface area contributed by atoms with E-state index in [4.69, 9.17) is 4.74 Å². The normalized spacial score (nSPS) is 28.4. The molecule has 1 aliphatic heterocycles. The highest BCUT2D eigenvalue weighted by molar-refractivity contribution is 6.39. The molecule has 0 atom stereocenters. The second kappa shape index (κ2) is 9.18. The first-order chi connectivity index (χ1) is 19.3. The van der Waals surface area contributed by atoms with Crippen LogP contribution in [0.1, 0.15) is 49.7 Å². The van der Waals surface area contributed by atoms with Crippen molar-refractivity contribution in [3.05, 3.63) is 71.4 Å². The molecule has 204 valence electrons. The van der Waals surface area contributed by atoms with E-state index >= 15 is 0 Å². The van der Waals surface area contributed by atoms with E-state index in [9.17, 15) is 19.2 Å². The van der Waals surface area contributed by atoms with Crippen molar-refractivity contribution in [2.45, 2.75) is 50.5 Å². The highest BCUT2D eigenvalue weighted by atomic mass is 16.5. The Labute approximate surface area is 232 Å². The number of esters is 1. The molecule has 3 aromatic rings. The lowest BCUT2D eigenvalue weighted by atomic mass is 9.48. The Bertz CT molecular complexity index is 1560. The number of anilines is 1. The number of hydrogen-bond donors (Lipinski definition) is 1. The molecule has 4 aliphatic carbocycles. The Hall–Kier alpha value is -4.20. The first kappa shape index (κ1) is 24.8. The van der Waals surface area contributed by atoms with Crippen LogP contribution in [0.4, 0.5) is 10.5 Å². The third-order valence-electron chi connectivity index (χ3n) is 9.52. The molecule has 0 radical (unpaired) electrons. The lowest BCUT2D eigenvalue weighted by molar-refractivity contribution is -0.141. The van der Waals surface area contributed by atoms with Crippen molar-refractivity contribution >= 4 is 46.5 Å². The lowest BCUT2D eigenvalue weighted by Gasteiger charge is -2.57. The van der Waals surface area contributed by atoms with E-state index in [1.807, 2.05) is 36.4 Å². The highest BCUT2D eigenvalue weighted by Crippen LogP contribution is 2.60. The molecule has 1 N–H and O–H groups in total. The number of amides is 4. The van der Waals surface area contributed by atoms with E-state index in [-0.39, 0.29) is 17.5 Å². The van der Waals surface area contributed by atoms with Crippen LogP contribution in [0.3, 0.4) is 0 Å². The summed E-state index contributed by atoms with van der Waals surface area (Å²) in [4.78, 5) is 52.3. The summed E-state index contributed by atoms with van der Waals surface area (Å²) in [7, 11) is 1.32. The van der Waals surface area contributed by atoms with Crippen LogP contribution >= 0.6 is 0 Å². The minimum atomic E-state index is -0.761. The van der Waals surface area contributed by atoms with Gasteiger partial charge in [-0.25, -0.2) is 9.69 Å². The van der Waals surface area contributed by atoms with Crippen LogP contribution in [0, 0.1) is 17.8 Å². The summed E-state index contributed by atoms with van der Waals surface area (Å²) in [6.07, 6.45) is 11.0. The fourth-order valence-corrected chi connectivity index (χ4v) is 8.20. The van der Waals surface area contributed by atoms with Gasteiger partial charge in [-0.1, -0.05) is 30.3 Å². The van der Waals surface area contributed by atoms with Gasteiger partial charge in [-0.05, 0) is 91.5 Å². The second-order valence-corrected chi connectivity index (χ2v) is 12.0. The van der Waals surface area contributed by atoms with E-state index in [1.54, 1.807) is 10.8 Å². The van der Waals surface area contributed by atoms with Crippen molar-refractivity contribution in [2.75, 3.05) is 12.0 Å². The third-order valence-corrected chi connectivity index (χ3v) is 9.52. The van der Waals surface area contributed by atoms with Crippen LogP contribution in [0.5, 0.6) is 0 Å². The number of para-hydroxylation sites is 1. The van der Waals surface area contributed by atoms with Gasteiger partial charge in [-0.2, -0.15) is 0 Å². The number of carbonyl (C=O) groups excluding carboxylic acids is 4.